The van der Waals surface area contributed by atoms with Crippen LogP contribution in [0.15, 0.2) is 0 Å². The first-order valence-electron chi connectivity index (χ1n) is 7.12. The maximum atomic E-state index is 11.3. The summed E-state index contributed by atoms with van der Waals surface area (Å²) in [6.07, 6.45) is 7.94. The number of carbonyl (C=O) groups is 1. The number of carbonyl (C=O) groups excluding carboxylic acids is 1. The quantitative estimate of drug-likeness (QED) is 0.418. The highest BCUT2D eigenvalue weighted by Gasteiger charge is 2.29. The lowest BCUT2D eigenvalue weighted by atomic mass is 9.91. The minimum absolute atomic E-state index is 0.297. The molecule has 0 saturated heterocycles. The fourth-order valence-corrected chi connectivity index (χ4v) is 1.99. The molecule has 0 aliphatic rings. The SMILES string of the molecule is C#CCCCNC(CCOC)(CCOC)CNC(=O)OC. The molecule has 1 amide bonds. The van der Waals surface area contributed by atoms with Crippen LogP contribution in [0.2, 0.25) is 0 Å². The van der Waals surface area contributed by atoms with Crippen molar-refractivity contribution in [1.29, 1.82) is 0 Å². The zero-order valence-corrected chi connectivity index (χ0v) is 13.4. The van der Waals surface area contributed by atoms with Gasteiger partial charge < -0.3 is 24.8 Å². The predicted molar refractivity (Wildman–Crippen MR) is 82.2 cm³/mol. The van der Waals surface area contributed by atoms with Gasteiger partial charge in [0.2, 0.25) is 0 Å². The van der Waals surface area contributed by atoms with Crippen LogP contribution in [0.25, 0.3) is 0 Å². The summed E-state index contributed by atoms with van der Waals surface area (Å²) >= 11 is 0. The summed E-state index contributed by atoms with van der Waals surface area (Å²) in [5.74, 6) is 2.62. The van der Waals surface area contributed by atoms with E-state index >= 15 is 0 Å². The Balaban J connectivity index is 4.66. The Bertz CT molecular complexity index is 307. The molecule has 6 heteroatoms. The largest absolute Gasteiger partial charge is 0.453 e. The highest BCUT2D eigenvalue weighted by molar-refractivity contribution is 5.66. The van der Waals surface area contributed by atoms with E-state index in [0.29, 0.717) is 19.8 Å². The predicted octanol–water partition coefficient (Wildman–Crippen LogP) is 1.16. The average Bonchev–Trinajstić information content (AvgIpc) is 2.52. The van der Waals surface area contributed by atoms with Crippen LogP contribution in [0.1, 0.15) is 25.7 Å². The van der Waals surface area contributed by atoms with E-state index in [0.717, 1.165) is 32.2 Å². The number of amides is 1. The van der Waals surface area contributed by atoms with Gasteiger partial charge in [0.05, 0.1) is 7.11 Å². The average molecular weight is 300 g/mol. The van der Waals surface area contributed by atoms with Crippen LogP contribution in [0.4, 0.5) is 4.79 Å². The van der Waals surface area contributed by atoms with Gasteiger partial charge in [0, 0.05) is 45.9 Å². The molecule has 0 radical (unpaired) electrons. The van der Waals surface area contributed by atoms with Crippen molar-refractivity contribution in [2.75, 3.05) is 47.6 Å². The van der Waals surface area contributed by atoms with Crippen molar-refractivity contribution in [3.05, 3.63) is 0 Å². The summed E-state index contributed by atoms with van der Waals surface area (Å²) in [5.41, 5.74) is -0.297. The maximum Gasteiger partial charge on any atom is 0.406 e. The lowest BCUT2D eigenvalue weighted by Gasteiger charge is -2.35. The van der Waals surface area contributed by atoms with E-state index in [4.69, 9.17) is 15.9 Å². The van der Waals surface area contributed by atoms with Gasteiger partial charge in [0.15, 0.2) is 0 Å². The van der Waals surface area contributed by atoms with Crippen LogP contribution in [0, 0.1) is 12.3 Å². The third kappa shape index (κ3) is 9.29. The molecular formula is C15H28N2O4. The second-order valence-electron chi connectivity index (χ2n) is 4.85. The van der Waals surface area contributed by atoms with Gasteiger partial charge in [-0.1, -0.05) is 0 Å². The molecule has 21 heavy (non-hydrogen) atoms. The molecule has 0 aliphatic carbocycles. The molecule has 0 saturated carbocycles. The maximum absolute atomic E-state index is 11.3. The van der Waals surface area contributed by atoms with Crippen molar-refractivity contribution >= 4 is 6.09 Å². The van der Waals surface area contributed by atoms with E-state index in [9.17, 15) is 4.79 Å². The molecule has 0 aromatic carbocycles. The van der Waals surface area contributed by atoms with Gasteiger partial charge in [-0.2, -0.15) is 0 Å². The summed E-state index contributed by atoms with van der Waals surface area (Å²) in [5, 5.41) is 6.25. The highest BCUT2D eigenvalue weighted by Crippen LogP contribution is 2.16. The molecule has 0 aromatic rings. The summed E-state index contributed by atoms with van der Waals surface area (Å²) in [6.45, 7) is 2.41. The molecule has 0 spiro atoms. The van der Waals surface area contributed by atoms with E-state index in [2.05, 4.69) is 21.3 Å². The fourth-order valence-electron chi connectivity index (χ4n) is 1.99. The van der Waals surface area contributed by atoms with Crippen molar-refractivity contribution in [1.82, 2.24) is 10.6 Å². The van der Waals surface area contributed by atoms with E-state index in [-0.39, 0.29) is 5.54 Å². The molecule has 122 valence electrons. The lowest BCUT2D eigenvalue weighted by molar-refractivity contribution is 0.111. The number of terminal acetylenes is 1. The summed E-state index contributed by atoms with van der Waals surface area (Å²) in [6, 6.07) is 0. The van der Waals surface area contributed by atoms with E-state index in [1.165, 1.54) is 7.11 Å². The number of nitrogens with one attached hydrogen (secondary N) is 2. The van der Waals surface area contributed by atoms with Crippen LogP contribution < -0.4 is 10.6 Å². The van der Waals surface area contributed by atoms with Gasteiger partial charge in [-0.3, -0.25) is 0 Å². The minimum Gasteiger partial charge on any atom is -0.453 e. The van der Waals surface area contributed by atoms with Gasteiger partial charge in [0.25, 0.3) is 0 Å². The standard InChI is InChI=1S/C15H28N2O4/c1-5-6-7-10-17-15(8-11-19-2,9-12-20-3)13-16-14(18)21-4/h1,17H,6-13H2,2-4H3,(H,16,18). The number of unbranched alkanes of at least 4 members (excludes halogenated alkanes) is 1. The van der Waals surface area contributed by atoms with Crippen LogP contribution in [-0.2, 0) is 14.2 Å². The highest BCUT2D eigenvalue weighted by atomic mass is 16.5. The molecular weight excluding hydrogens is 272 g/mol. The molecule has 0 unspecified atom stereocenters. The molecule has 0 aliphatic heterocycles. The van der Waals surface area contributed by atoms with Gasteiger partial charge in [-0.25, -0.2) is 4.79 Å². The first kappa shape index (κ1) is 19.7. The van der Waals surface area contributed by atoms with Crippen molar-refractivity contribution < 1.29 is 19.0 Å². The van der Waals surface area contributed by atoms with Crippen molar-refractivity contribution in [2.24, 2.45) is 0 Å². The lowest BCUT2D eigenvalue weighted by Crippen LogP contribution is -2.55. The molecule has 0 aromatic heterocycles. The molecule has 0 heterocycles. The van der Waals surface area contributed by atoms with Crippen molar-refractivity contribution in [2.45, 2.75) is 31.2 Å². The Kier molecular flexibility index (Phi) is 11.7. The Morgan fingerprint density at radius 1 is 1.19 bits per heavy atom. The number of methoxy groups -OCH3 is 3. The van der Waals surface area contributed by atoms with Crippen LogP contribution in [-0.4, -0.2) is 59.3 Å². The Morgan fingerprint density at radius 3 is 2.29 bits per heavy atom. The summed E-state index contributed by atoms with van der Waals surface area (Å²) < 4.78 is 15.0. The Labute approximate surface area is 127 Å². The third-order valence-corrected chi connectivity index (χ3v) is 3.32. The number of alkyl carbamates (subject to hydrolysis) is 1. The number of hydrogen-bond acceptors (Lipinski definition) is 5. The van der Waals surface area contributed by atoms with Crippen LogP contribution in [0.5, 0.6) is 0 Å². The van der Waals surface area contributed by atoms with Crippen molar-refractivity contribution in [3.63, 3.8) is 0 Å². The minimum atomic E-state index is -0.445. The molecule has 2 N–H and O–H groups in total. The van der Waals surface area contributed by atoms with Gasteiger partial charge >= 0.3 is 6.09 Å². The zero-order chi connectivity index (χ0) is 16.0. The zero-order valence-electron chi connectivity index (χ0n) is 13.4. The van der Waals surface area contributed by atoms with E-state index in [1.54, 1.807) is 14.2 Å². The van der Waals surface area contributed by atoms with Gasteiger partial charge in [-0.15, -0.1) is 12.3 Å². The molecule has 0 bridgehead atoms. The fraction of sp³-hybridized carbons (Fsp3) is 0.800. The summed E-state index contributed by atoms with van der Waals surface area (Å²) in [7, 11) is 4.67. The Morgan fingerprint density at radius 2 is 1.81 bits per heavy atom. The monoisotopic (exact) mass is 300 g/mol. The van der Waals surface area contributed by atoms with Gasteiger partial charge in [0.1, 0.15) is 0 Å². The van der Waals surface area contributed by atoms with Crippen molar-refractivity contribution in [3.8, 4) is 12.3 Å². The van der Waals surface area contributed by atoms with E-state index < -0.39 is 6.09 Å². The second-order valence-corrected chi connectivity index (χ2v) is 4.85. The smallest absolute Gasteiger partial charge is 0.406 e. The van der Waals surface area contributed by atoms with Crippen LogP contribution in [0.3, 0.4) is 0 Å². The molecule has 6 nitrogen and oxygen atoms in total. The topological polar surface area (TPSA) is 68.8 Å². The molecule has 0 rings (SSSR count). The van der Waals surface area contributed by atoms with E-state index in [1.807, 2.05) is 0 Å². The summed E-state index contributed by atoms with van der Waals surface area (Å²) in [4.78, 5) is 11.3. The first-order chi connectivity index (χ1) is 10.1. The second kappa shape index (κ2) is 12.5. The molecule has 0 atom stereocenters. The number of rotatable bonds is 12. The Hall–Kier alpha value is -1.29. The van der Waals surface area contributed by atoms with Gasteiger partial charge in [-0.05, 0) is 25.8 Å². The number of hydrogen-bond donors (Lipinski definition) is 2. The first-order valence-corrected chi connectivity index (χ1v) is 7.12. The van der Waals surface area contributed by atoms with Crippen LogP contribution >= 0.6 is 0 Å². The normalized spacial score (nSPS) is 11.0. The number of ether oxygens (including phenoxy) is 3. The third-order valence-electron chi connectivity index (χ3n) is 3.32. The molecule has 0 fully saturated rings.